The number of fused-ring (bicyclic) bond motifs is 1. The van der Waals surface area contributed by atoms with Gasteiger partial charge in [0.25, 0.3) is 0 Å². The molecule has 1 aromatic rings. The molecule has 2 aliphatic heterocycles. The summed E-state index contributed by atoms with van der Waals surface area (Å²) < 4.78 is 25.0. The van der Waals surface area contributed by atoms with Gasteiger partial charge in [0, 0.05) is 18.5 Å². The molecule has 0 radical (unpaired) electrons. The van der Waals surface area contributed by atoms with E-state index in [1.807, 2.05) is 0 Å². The van der Waals surface area contributed by atoms with Gasteiger partial charge in [-0.15, -0.1) is 0 Å². The maximum absolute atomic E-state index is 14.0. The van der Waals surface area contributed by atoms with Crippen molar-refractivity contribution in [2.45, 2.75) is 57.3 Å². The maximum Gasteiger partial charge on any atom is 0.410 e. The Labute approximate surface area is 168 Å². The summed E-state index contributed by atoms with van der Waals surface area (Å²) in [7, 11) is 0. The van der Waals surface area contributed by atoms with Gasteiger partial charge in [0.15, 0.2) is 0 Å². The number of benzene rings is 1. The van der Waals surface area contributed by atoms with Gasteiger partial charge >= 0.3 is 6.09 Å². The molecule has 3 N–H and O–H groups in total. The van der Waals surface area contributed by atoms with Gasteiger partial charge < -0.3 is 29.9 Å². The van der Waals surface area contributed by atoms with Crippen LogP contribution >= 0.6 is 0 Å². The lowest BCUT2D eigenvalue weighted by Crippen LogP contribution is -2.59. The summed E-state index contributed by atoms with van der Waals surface area (Å²) >= 11 is 0. The summed E-state index contributed by atoms with van der Waals surface area (Å²) in [6.45, 7) is 5.13. The van der Waals surface area contributed by atoms with E-state index in [9.17, 15) is 24.2 Å². The van der Waals surface area contributed by atoms with Crippen molar-refractivity contribution in [2.75, 3.05) is 25.0 Å². The summed E-state index contributed by atoms with van der Waals surface area (Å²) in [5.41, 5.74) is -1.62. The minimum absolute atomic E-state index is 0.0889. The van der Waals surface area contributed by atoms with E-state index in [4.69, 9.17) is 9.47 Å². The van der Waals surface area contributed by atoms with E-state index in [0.29, 0.717) is 17.7 Å². The number of halogens is 1. The smallest absolute Gasteiger partial charge is 0.410 e. The number of nitrogens with zero attached hydrogens (tertiary/aromatic N) is 1. The Balaban J connectivity index is 1.65. The highest BCUT2D eigenvalue weighted by atomic mass is 19.1. The number of β-amino-alcohol motifs (C(OH)–C–C–N with tert-alkyl or cyclic N) is 1. The van der Waals surface area contributed by atoms with Crippen molar-refractivity contribution in [1.29, 1.82) is 0 Å². The van der Waals surface area contributed by atoms with Gasteiger partial charge in [-0.3, -0.25) is 4.79 Å². The first-order chi connectivity index (χ1) is 13.5. The van der Waals surface area contributed by atoms with Crippen LogP contribution in [0.25, 0.3) is 0 Å². The average molecular weight is 410 g/mol. The largest absolute Gasteiger partial charge is 0.490 e. The van der Waals surface area contributed by atoms with Crippen molar-refractivity contribution in [2.24, 2.45) is 0 Å². The number of carbonyl (C=O) groups is 2. The van der Waals surface area contributed by atoms with Gasteiger partial charge in [-0.25, -0.2) is 9.18 Å². The number of nitrogens with one attached hydrogen (secondary N) is 1. The Bertz CT molecular complexity index is 809. The molecule has 0 aromatic heterocycles. The monoisotopic (exact) mass is 410 g/mol. The van der Waals surface area contributed by atoms with Crippen molar-refractivity contribution in [3.8, 4) is 5.75 Å². The lowest BCUT2D eigenvalue weighted by Gasteiger charge is -2.42. The molecular weight excluding hydrogens is 383 g/mol. The van der Waals surface area contributed by atoms with Gasteiger partial charge in [-0.05, 0) is 45.7 Å². The lowest BCUT2D eigenvalue weighted by molar-refractivity contribution is -0.135. The fraction of sp³-hybridized carbons (Fsp3) is 0.600. The predicted octanol–water partition coefficient (Wildman–Crippen LogP) is 1.82. The van der Waals surface area contributed by atoms with Gasteiger partial charge in [0.2, 0.25) is 5.91 Å². The van der Waals surface area contributed by atoms with Gasteiger partial charge in [0.1, 0.15) is 35.5 Å². The second kappa shape index (κ2) is 7.79. The molecule has 2 aliphatic rings. The highest BCUT2D eigenvalue weighted by molar-refractivity contribution is 5.94. The van der Waals surface area contributed by atoms with E-state index in [1.54, 1.807) is 20.8 Å². The number of aliphatic hydroxyl groups excluding tert-OH is 1. The molecule has 2 amide bonds. The van der Waals surface area contributed by atoms with Crippen molar-refractivity contribution in [3.63, 3.8) is 0 Å². The van der Waals surface area contributed by atoms with E-state index in [0.717, 1.165) is 0 Å². The number of hydrogen-bond donors (Lipinski definition) is 3. The third-order valence-electron chi connectivity index (χ3n) is 5.04. The number of anilines is 1. The first kappa shape index (κ1) is 21.3. The van der Waals surface area contributed by atoms with E-state index in [2.05, 4.69) is 5.32 Å². The molecule has 1 aromatic carbocycles. The summed E-state index contributed by atoms with van der Waals surface area (Å²) in [6.07, 6.45) is -1.16. The van der Waals surface area contributed by atoms with Gasteiger partial charge in [-0.1, -0.05) is 0 Å². The van der Waals surface area contributed by atoms with Crippen LogP contribution < -0.4 is 10.1 Å². The Morgan fingerprint density at radius 1 is 1.38 bits per heavy atom. The Kier molecular flexibility index (Phi) is 5.73. The zero-order valence-electron chi connectivity index (χ0n) is 16.8. The maximum atomic E-state index is 14.0. The standard InChI is InChI=1S/C20H27FN2O6/c1-19(2,3)29-18(26)23-9-8-20(27,15(24)10-23)11-28-14-6-5-13(21)17-12(14)4-7-16(25)22-17/h5-6,15,24,27H,4,7-11H2,1-3H3,(H,22,25)/t15-,20-/m1/s1. The average Bonchev–Trinajstić information content (AvgIpc) is 2.62. The summed E-state index contributed by atoms with van der Waals surface area (Å²) in [5, 5.41) is 23.8. The molecule has 29 heavy (non-hydrogen) atoms. The Morgan fingerprint density at radius 3 is 2.76 bits per heavy atom. The molecule has 1 saturated heterocycles. The second-order valence-corrected chi connectivity index (χ2v) is 8.53. The fourth-order valence-corrected chi connectivity index (χ4v) is 3.39. The van der Waals surface area contributed by atoms with Crippen LogP contribution in [0.1, 0.15) is 39.2 Å². The molecule has 0 saturated carbocycles. The molecule has 1 fully saturated rings. The molecule has 3 rings (SSSR count). The highest BCUT2D eigenvalue weighted by Crippen LogP contribution is 2.34. The number of rotatable bonds is 3. The van der Waals surface area contributed by atoms with Crippen LogP contribution in [0.2, 0.25) is 0 Å². The number of piperidine rings is 1. The zero-order valence-corrected chi connectivity index (χ0v) is 16.8. The molecule has 8 nitrogen and oxygen atoms in total. The molecule has 0 bridgehead atoms. The third kappa shape index (κ3) is 4.79. The van der Waals surface area contributed by atoms with Crippen molar-refractivity contribution >= 4 is 17.7 Å². The number of hydrogen-bond acceptors (Lipinski definition) is 6. The molecule has 2 atom stereocenters. The van der Waals surface area contributed by atoms with Crippen LogP contribution in [0.4, 0.5) is 14.9 Å². The van der Waals surface area contributed by atoms with Crippen molar-refractivity contribution in [3.05, 3.63) is 23.5 Å². The normalized spacial score (nSPS) is 24.6. The van der Waals surface area contributed by atoms with Crippen LogP contribution in [0.3, 0.4) is 0 Å². The van der Waals surface area contributed by atoms with Crippen LogP contribution in [-0.2, 0) is 16.0 Å². The number of ether oxygens (including phenoxy) is 2. The number of amides is 2. The SMILES string of the molecule is CC(C)(C)OC(=O)N1CC[C@@](O)(COc2ccc(F)c3c2CCC(=O)N3)[C@H](O)C1. The predicted molar refractivity (Wildman–Crippen MR) is 102 cm³/mol. The summed E-state index contributed by atoms with van der Waals surface area (Å²) in [6, 6.07) is 2.63. The highest BCUT2D eigenvalue weighted by Gasteiger charge is 2.43. The zero-order chi connectivity index (χ0) is 21.4. The van der Waals surface area contributed by atoms with E-state index >= 15 is 0 Å². The first-order valence-corrected chi connectivity index (χ1v) is 9.61. The molecule has 0 aliphatic carbocycles. The fourth-order valence-electron chi connectivity index (χ4n) is 3.39. The molecule has 2 heterocycles. The van der Waals surface area contributed by atoms with Crippen LogP contribution in [0, 0.1) is 5.82 Å². The quantitative estimate of drug-likeness (QED) is 0.702. The van der Waals surface area contributed by atoms with E-state index < -0.39 is 29.2 Å². The third-order valence-corrected chi connectivity index (χ3v) is 5.04. The number of aliphatic hydroxyl groups is 2. The second-order valence-electron chi connectivity index (χ2n) is 8.53. The van der Waals surface area contributed by atoms with Crippen LogP contribution in [-0.4, -0.2) is 64.1 Å². The van der Waals surface area contributed by atoms with Crippen LogP contribution in [0.15, 0.2) is 12.1 Å². The van der Waals surface area contributed by atoms with Gasteiger partial charge in [0.05, 0.1) is 12.2 Å². The topological polar surface area (TPSA) is 108 Å². The minimum Gasteiger partial charge on any atom is -0.490 e. The van der Waals surface area contributed by atoms with Crippen molar-refractivity contribution < 1.29 is 33.7 Å². The molecule has 160 valence electrons. The molecule has 0 unspecified atom stereocenters. The molecular formula is C20H27FN2O6. The molecule has 0 spiro atoms. The first-order valence-electron chi connectivity index (χ1n) is 9.61. The Morgan fingerprint density at radius 2 is 2.10 bits per heavy atom. The van der Waals surface area contributed by atoms with E-state index in [-0.39, 0.29) is 44.1 Å². The lowest BCUT2D eigenvalue weighted by atomic mass is 9.89. The van der Waals surface area contributed by atoms with Crippen LogP contribution in [0.5, 0.6) is 5.75 Å². The molecule has 9 heteroatoms. The summed E-state index contributed by atoms with van der Waals surface area (Å²) in [4.78, 5) is 25.1. The number of likely N-dealkylation sites (tertiary alicyclic amines) is 1. The summed E-state index contributed by atoms with van der Waals surface area (Å²) in [5.74, 6) is -0.474. The van der Waals surface area contributed by atoms with Crippen molar-refractivity contribution in [1.82, 2.24) is 4.90 Å². The van der Waals surface area contributed by atoms with Gasteiger partial charge in [-0.2, -0.15) is 0 Å². The van der Waals surface area contributed by atoms with E-state index in [1.165, 1.54) is 17.0 Å². The minimum atomic E-state index is -1.57. The number of carbonyl (C=O) groups excluding carboxylic acids is 2. The Hall–Kier alpha value is -2.39.